The molecule has 0 aliphatic heterocycles. The first-order chi connectivity index (χ1) is 9.85. The summed E-state index contributed by atoms with van der Waals surface area (Å²) in [6.45, 7) is -0.0780. The zero-order chi connectivity index (χ0) is 15.9. The highest BCUT2D eigenvalue weighted by molar-refractivity contribution is 7.89. The number of aliphatic carboxylic acids is 1. The quantitative estimate of drug-likeness (QED) is 0.257. The Morgan fingerprint density at radius 2 is 1.90 bits per heavy atom. The molecule has 0 aliphatic rings. The maximum absolute atomic E-state index is 11.7. The van der Waals surface area contributed by atoms with Gasteiger partial charge in [-0.3, -0.25) is 15.4 Å². The van der Waals surface area contributed by atoms with Crippen LogP contribution in [-0.4, -0.2) is 31.2 Å². The van der Waals surface area contributed by atoms with Crippen molar-refractivity contribution in [1.82, 2.24) is 4.83 Å². The number of carboxylic acids is 1. The Bertz CT molecular complexity index is 587. The Morgan fingerprint density at radius 1 is 1.29 bits per heavy atom. The number of esters is 1. The van der Waals surface area contributed by atoms with E-state index >= 15 is 0 Å². The number of hydrogen-bond donors (Lipinski definition) is 3. The molecule has 0 spiro atoms. The van der Waals surface area contributed by atoms with Gasteiger partial charge in [0.1, 0.15) is 6.61 Å². The van der Waals surface area contributed by atoms with Crippen molar-refractivity contribution in [2.75, 3.05) is 5.75 Å². The van der Waals surface area contributed by atoms with Crippen molar-refractivity contribution in [3.63, 3.8) is 0 Å². The monoisotopic (exact) mass is 316 g/mol. The van der Waals surface area contributed by atoms with Crippen LogP contribution >= 0.6 is 0 Å². The van der Waals surface area contributed by atoms with E-state index in [9.17, 15) is 18.0 Å². The Kier molecular flexibility index (Phi) is 6.28. The van der Waals surface area contributed by atoms with Crippen LogP contribution in [0.1, 0.15) is 12.0 Å². The second kappa shape index (κ2) is 7.72. The molecule has 9 heteroatoms. The van der Waals surface area contributed by atoms with Crippen molar-refractivity contribution in [2.24, 2.45) is 11.8 Å². The van der Waals surface area contributed by atoms with Crippen LogP contribution < -0.4 is 10.7 Å². The number of nitrogens with two attached hydrogens (primary N) is 1. The zero-order valence-corrected chi connectivity index (χ0v) is 11.9. The number of nitrogens with one attached hydrogen (secondary N) is 1. The highest BCUT2D eigenvalue weighted by Crippen LogP contribution is 2.10. The summed E-state index contributed by atoms with van der Waals surface area (Å²) in [5.41, 5.74) is 0.700. The lowest BCUT2D eigenvalue weighted by Crippen LogP contribution is -2.35. The largest absolute Gasteiger partial charge is 0.481 e. The number of carbonyl (C=O) groups excluding carboxylic acids is 1. The average Bonchev–Trinajstić information content (AvgIpc) is 2.46. The highest BCUT2D eigenvalue weighted by Gasteiger charge is 2.29. The molecule has 1 aromatic carbocycles. The molecule has 116 valence electrons. The summed E-state index contributed by atoms with van der Waals surface area (Å²) in [7, 11) is -3.79. The molecule has 0 saturated heterocycles. The Morgan fingerprint density at radius 3 is 2.43 bits per heavy atom. The van der Waals surface area contributed by atoms with Gasteiger partial charge in [-0.1, -0.05) is 30.3 Å². The van der Waals surface area contributed by atoms with E-state index in [2.05, 4.69) is 0 Å². The molecule has 0 aliphatic carbocycles. The minimum absolute atomic E-state index is 0.0780. The molecular formula is C12H16N2O6S. The summed E-state index contributed by atoms with van der Waals surface area (Å²) in [4.78, 5) is 24.3. The molecule has 0 saturated carbocycles. The van der Waals surface area contributed by atoms with Gasteiger partial charge in [-0.05, 0) is 12.0 Å². The smallest absolute Gasteiger partial charge is 0.320 e. The Hall–Kier alpha value is -1.97. The van der Waals surface area contributed by atoms with E-state index in [1.165, 1.54) is 0 Å². The van der Waals surface area contributed by atoms with E-state index in [1.807, 2.05) is 0 Å². The number of sulfonamides is 1. The minimum Gasteiger partial charge on any atom is -0.481 e. The summed E-state index contributed by atoms with van der Waals surface area (Å²) >= 11 is 0. The second-order valence-electron chi connectivity index (χ2n) is 4.21. The summed E-state index contributed by atoms with van der Waals surface area (Å²) < 4.78 is 27.2. The van der Waals surface area contributed by atoms with Gasteiger partial charge in [-0.2, -0.15) is 4.83 Å². The Balaban J connectivity index is 2.60. The third kappa shape index (κ3) is 5.90. The lowest BCUT2D eigenvalue weighted by Gasteiger charge is -2.12. The lowest BCUT2D eigenvalue weighted by molar-refractivity contribution is -0.159. The minimum atomic E-state index is -3.79. The van der Waals surface area contributed by atoms with Crippen molar-refractivity contribution in [1.29, 1.82) is 0 Å². The lowest BCUT2D eigenvalue weighted by atomic mass is 10.1. The highest BCUT2D eigenvalue weighted by atomic mass is 32.2. The maximum atomic E-state index is 11.7. The van der Waals surface area contributed by atoms with Crippen LogP contribution in [0.15, 0.2) is 30.3 Å². The van der Waals surface area contributed by atoms with Crippen molar-refractivity contribution >= 4 is 22.0 Å². The van der Waals surface area contributed by atoms with E-state index in [4.69, 9.17) is 15.7 Å². The molecule has 1 unspecified atom stereocenters. The van der Waals surface area contributed by atoms with Crippen LogP contribution in [0.3, 0.4) is 0 Å². The summed E-state index contributed by atoms with van der Waals surface area (Å²) in [6.07, 6.45) is -0.421. The van der Waals surface area contributed by atoms with E-state index in [0.717, 1.165) is 0 Å². The number of hydrogen-bond acceptors (Lipinski definition) is 6. The first-order valence-corrected chi connectivity index (χ1v) is 7.64. The van der Waals surface area contributed by atoms with E-state index in [-0.39, 0.29) is 6.61 Å². The number of ether oxygens (including phenoxy) is 1. The topological polar surface area (TPSA) is 136 Å². The summed E-state index contributed by atoms with van der Waals surface area (Å²) in [5, 5.41) is 8.96. The van der Waals surface area contributed by atoms with E-state index in [0.29, 0.717) is 5.56 Å². The molecule has 21 heavy (non-hydrogen) atoms. The molecule has 0 amide bonds. The number of rotatable bonds is 8. The predicted octanol–water partition coefficient (Wildman–Crippen LogP) is -0.386. The first-order valence-electron chi connectivity index (χ1n) is 5.99. The normalized spacial score (nSPS) is 12.6. The standard InChI is InChI=1S/C12H16N2O6S/c13-14-21(18,19)7-6-10(11(15)16)12(17)20-8-9-4-2-1-3-5-9/h1-5,10,14H,6-8,13H2,(H,15,16). The fourth-order valence-electron chi connectivity index (χ4n) is 1.50. The molecule has 1 rings (SSSR count). The van der Waals surface area contributed by atoms with Crippen LogP contribution in [0.5, 0.6) is 0 Å². The van der Waals surface area contributed by atoms with Crippen LogP contribution in [-0.2, 0) is 31.0 Å². The van der Waals surface area contributed by atoms with Crippen molar-refractivity contribution < 1.29 is 27.9 Å². The average molecular weight is 316 g/mol. The van der Waals surface area contributed by atoms with Crippen molar-refractivity contribution in [2.45, 2.75) is 13.0 Å². The molecule has 0 heterocycles. The first kappa shape index (κ1) is 17.1. The molecule has 0 aromatic heterocycles. The van der Waals surface area contributed by atoms with Gasteiger partial charge in [0.05, 0.1) is 5.75 Å². The van der Waals surface area contributed by atoms with Gasteiger partial charge in [0.25, 0.3) is 0 Å². The fraction of sp³-hybridized carbons (Fsp3) is 0.333. The molecule has 0 fully saturated rings. The Labute approximate surface area is 121 Å². The van der Waals surface area contributed by atoms with Gasteiger partial charge in [0, 0.05) is 0 Å². The second-order valence-corrected chi connectivity index (χ2v) is 6.08. The van der Waals surface area contributed by atoms with Gasteiger partial charge in [-0.15, -0.1) is 0 Å². The maximum Gasteiger partial charge on any atom is 0.320 e. The molecule has 1 aromatic rings. The van der Waals surface area contributed by atoms with Crippen LogP contribution in [0.4, 0.5) is 0 Å². The zero-order valence-electron chi connectivity index (χ0n) is 11.1. The van der Waals surface area contributed by atoms with Crippen LogP contribution in [0, 0.1) is 5.92 Å². The van der Waals surface area contributed by atoms with Gasteiger partial charge in [0.15, 0.2) is 5.92 Å². The van der Waals surface area contributed by atoms with E-state index in [1.54, 1.807) is 35.2 Å². The molecule has 4 N–H and O–H groups in total. The number of hydrazine groups is 1. The summed E-state index contributed by atoms with van der Waals surface area (Å²) in [5.74, 6) is 0.205. The number of carboxylic acid groups (broad SMARTS) is 1. The molecule has 0 bridgehead atoms. The van der Waals surface area contributed by atoms with E-state index < -0.39 is 40.1 Å². The van der Waals surface area contributed by atoms with Crippen molar-refractivity contribution in [3.8, 4) is 0 Å². The molecular weight excluding hydrogens is 300 g/mol. The van der Waals surface area contributed by atoms with Gasteiger partial charge in [0.2, 0.25) is 10.0 Å². The van der Waals surface area contributed by atoms with Gasteiger partial charge >= 0.3 is 11.9 Å². The SMILES string of the molecule is NNS(=O)(=O)CCC(C(=O)O)C(=O)OCc1ccccc1. The summed E-state index contributed by atoms with van der Waals surface area (Å²) in [6, 6.07) is 8.71. The van der Waals surface area contributed by atoms with Gasteiger partial charge < -0.3 is 9.84 Å². The van der Waals surface area contributed by atoms with Crippen molar-refractivity contribution in [3.05, 3.63) is 35.9 Å². The predicted molar refractivity (Wildman–Crippen MR) is 73.1 cm³/mol. The molecule has 0 radical (unpaired) electrons. The fourth-order valence-corrected chi connectivity index (χ4v) is 2.17. The number of carbonyl (C=O) groups is 2. The van der Waals surface area contributed by atoms with Crippen LogP contribution in [0.25, 0.3) is 0 Å². The molecule has 1 atom stereocenters. The third-order valence-electron chi connectivity index (χ3n) is 2.66. The number of benzene rings is 1. The molecule has 8 nitrogen and oxygen atoms in total. The van der Waals surface area contributed by atoms with Crippen LogP contribution in [0.2, 0.25) is 0 Å². The van der Waals surface area contributed by atoms with Gasteiger partial charge in [-0.25, -0.2) is 8.42 Å². The third-order valence-corrected chi connectivity index (χ3v) is 3.79.